The fraction of sp³-hybridized carbons (Fsp3) is 0.500. The number of rotatable bonds is 7. The van der Waals surface area contributed by atoms with Crippen molar-refractivity contribution in [2.24, 2.45) is 4.99 Å². The van der Waals surface area contributed by atoms with Gasteiger partial charge in [0.25, 0.3) is 5.91 Å². The summed E-state index contributed by atoms with van der Waals surface area (Å²) >= 11 is 0. The fourth-order valence-corrected chi connectivity index (χ4v) is 4.98. The van der Waals surface area contributed by atoms with Gasteiger partial charge in [-0.15, -0.1) is 13.2 Å². The lowest BCUT2D eigenvalue weighted by Gasteiger charge is -2.37. The highest BCUT2D eigenvalue weighted by atomic mass is 19.4. The molecule has 2 saturated heterocycles. The maximum absolute atomic E-state index is 13.0. The minimum Gasteiger partial charge on any atom is -0.406 e. The molecule has 4 rings (SSSR count). The van der Waals surface area contributed by atoms with Crippen molar-refractivity contribution in [3.8, 4) is 5.75 Å². The van der Waals surface area contributed by atoms with Crippen molar-refractivity contribution in [3.63, 3.8) is 0 Å². The normalized spacial score (nSPS) is 20.1. The number of nitrogens with two attached hydrogens (primary N) is 1. The van der Waals surface area contributed by atoms with Gasteiger partial charge in [-0.3, -0.25) is 9.79 Å². The Morgan fingerprint density at radius 2 is 2.08 bits per heavy atom. The number of aromatic nitrogens is 1. The van der Waals surface area contributed by atoms with Gasteiger partial charge in [-0.2, -0.15) is 0 Å². The second kappa shape index (κ2) is 11.2. The number of hydrogen-bond donors (Lipinski definition) is 3. The molecule has 9 nitrogen and oxygen atoms in total. The van der Waals surface area contributed by atoms with Crippen molar-refractivity contribution in [2.45, 2.75) is 50.7 Å². The number of carbonyl (C=O) groups is 1. The Balaban J connectivity index is 1.39. The number of benzene rings is 1. The summed E-state index contributed by atoms with van der Waals surface area (Å²) in [4.78, 5) is 23.4. The van der Waals surface area contributed by atoms with Crippen LogP contribution < -0.4 is 21.1 Å². The molecular formula is C26H33F3N6O3. The number of nitrogen functional groups attached to an aromatic ring is 1. The third-order valence-corrected chi connectivity index (χ3v) is 6.73. The van der Waals surface area contributed by atoms with E-state index < -0.39 is 12.1 Å². The maximum atomic E-state index is 13.0. The summed E-state index contributed by atoms with van der Waals surface area (Å²) in [7, 11) is 0. The molecule has 0 radical (unpaired) electrons. The lowest BCUT2D eigenvalue weighted by atomic mass is 9.88. The van der Waals surface area contributed by atoms with Crippen LogP contribution >= 0.6 is 0 Å². The van der Waals surface area contributed by atoms with Gasteiger partial charge in [0, 0.05) is 50.7 Å². The smallest absolute Gasteiger partial charge is 0.406 e. The van der Waals surface area contributed by atoms with Gasteiger partial charge in [0.1, 0.15) is 11.4 Å². The number of likely N-dealkylation sites (tertiary alicyclic amines) is 1. The van der Waals surface area contributed by atoms with E-state index in [4.69, 9.17) is 10.5 Å². The predicted molar refractivity (Wildman–Crippen MR) is 139 cm³/mol. The summed E-state index contributed by atoms with van der Waals surface area (Å²) in [5.41, 5.74) is 7.40. The third-order valence-electron chi connectivity index (χ3n) is 6.73. The van der Waals surface area contributed by atoms with E-state index in [1.165, 1.54) is 6.07 Å². The third kappa shape index (κ3) is 6.73. The molecule has 0 spiro atoms. The lowest BCUT2D eigenvalue weighted by molar-refractivity contribution is -0.274. The Morgan fingerprint density at radius 1 is 1.34 bits per heavy atom. The van der Waals surface area contributed by atoms with E-state index in [1.54, 1.807) is 11.1 Å². The molecule has 1 amide bonds. The van der Waals surface area contributed by atoms with Gasteiger partial charge in [0.15, 0.2) is 5.82 Å². The average molecular weight is 535 g/mol. The highest BCUT2D eigenvalue weighted by molar-refractivity contribution is 5.99. The molecule has 38 heavy (non-hydrogen) atoms. The van der Waals surface area contributed by atoms with Gasteiger partial charge in [-0.1, -0.05) is 0 Å². The highest BCUT2D eigenvalue weighted by Crippen LogP contribution is 2.38. The summed E-state index contributed by atoms with van der Waals surface area (Å²) < 4.78 is 47.4. The van der Waals surface area contributed by atoms with E-state index >= 15 is 0 Å². The number of aliphatic imine (C=N–C) groups is 1. The Bertz CT molecular complexity index is 1170. The molecular weight excluding hydrogens is 501 g/mol. The van der Waals surface area contributed by atoms with Gasteiger partial charge >= 0.3 is 6.36 Å². The molecule has 2 aliphatic heterocycles. The van der Waals surface area contributed by atoms with Crippen molar-refractivity contribution in [2.75, 3.05) is 43.8 Å². The predicted octanol–water partition coefficient (Wildman–Crippen LogP) is 4.09. The Kier molecular flexibility index (Phi) is 8.12. The summed E-state index contributed by atoms with van der Waals surface area (Å²) in [6, 6.07) is 5.29. The van der Waals surface area contributed by atoms with Gasteiger partial charge < -0.3 is 30.7 Å². The number of hydrogen-bond acceptors (Lipinski definition) is 8. The molecule has 1 aromatic carbocycles. The zero-order chi connectivity index (χ0) is 27.5. The van der Waals surface area contributed by atoms with Crippen molar-refractivity contribution >= 4 is 29.8 Å². The summed E-state index contributed by atoms with van der Waals surface area (Å²) in [5, 5.41) is 6.74. The highest BCUT2D eigenvalue weighted by Gasteiger charge is 2.32. The van der Waals surface area contributed by atoms with Crippen LogP contribution in [-0.2, 0) is 4.74 Å². The van der Waals surface area contributed by atoms with E-state index in [0.717, 1.165) is 30.8 Å². The van der Waals surface area contributed by atoms with Gasteiger partial charge in [-0.25, -0.2) is 4.98 Å². The molecule has 2 fully saturated rings. The van der Waals surface area contributed by atoms with Crippen LogP contribution in [0.3, 0.4) is 0 Å². The number of pyridine rings is 1. The molecule has 0 saturated carbocycles. The molecule has 0 aliphatic carbocycles. The summed E-state index contributed by atoms with van der Waals surface area (Å²) in [6.45, 7) is 10.9. The molecule has 206 valence electrons. The van der Waals surface area contributed by atoms with E-state index in [1.807, 2.05) is 19.9 Å². The zero-order valence-electron chi connectivity index (χ0n) is 21.5. The number of nitrogens with zero attached hydrogens (tertiary/aromatic N) is 3. The molecule has 2 aromatic rings. The van der Waals surface area contributed by atoms with Crippen LogP contribution in [0.2, 0.25) is 0 Å². The van der Waals surface area contributed by atoms with Crippen LogP contribution in [0.4, 0.5) is 30.4 Å². The second-order valence-electron chi connectivity index (χ2n) is 10.1. The van der Waals surface area contributed by atoms with Crippen LogP contribution in [0.15, 0.2) is 35.5 Å². The number of morpholine rings is 1. The standard InChI is InChI=1S/C26H33F3N6O3/c1-25(2)15-32-13-18(37-25)14-34-23-22(31-3)19(6-9-33-23)16-7-10-35(11-8-16)24(36)20-5-4-17(12-21(20)30)38-26(27,28)29/h4-6,9,12,16,18,32H,3,7-8,10-11,13-15,30H2,1-2H3,(H,33,34). The van der Waals surface area contributed by atoms with Crippen molar-refractivity contribution in [3.05, 3.63) is 41.6 Å². The zero-order valence-corrected chi connectivity index (χ0v) is 21.5. The molecule has 1 unspecified atom stereocenters. The number of anilines is 2. The summed E-state index contributed by atoms with van der Waals surface area (Å²) in [6.07, 6.45) is -1.76. The van der Waals surface area contributed by atoms with Crippen LogP contribution in [0.5, 0.6) is 5.75 Å². The van der Waals surface area contributed by atoms with Crippen LogP contribution in [0.1, 0.15) is 48.5 Å². The van der Waals surface area contributed by atoms with Crippen molar-refractivity contribution in [1.29, 1.82) is 0 Å². The summed E-state index contributed by atoms with van der Waals surface area (Å²) in [5.74, 6) is -0.0269. The van der Waals surface area contributed by atoms with E-state index in [2.05, 4.69) is 32.1 Å². The van der Waals surface area contributed by atoms with E-state index in [0.29, 0.717) is 44.0 Å². The lowest BCUT2D eigenvalue weighted by Crippen LogP contribution is -2.52. The number of carbonyl (C=O) groups excluding carboxylic acids is 1. The maximum Gasteiger partial charge on any atom is 0.573 e. The molecule has 3 heterocycles. The van der Waals surface area contributed by atoms with Crippen LogP contribution in [0, 0.1) is 0 Å². The Labute approximate surface area is 219 Å². The quantitative estimate of drug-likeness (QED) is 0.362. The number of ether oxygens (including phenoxy) is 2. The van der Waals surface area contributed by atoms with Gasteiger partial charge in [0.2, 0.25) is 0 Å². The molecule has 12 heteroatoms. The van der Waals surface area contributed by atoms with E-state index in [9.17, 15) is 18.0 Å². The topological polar surface area (TPSA) is 114 Å². The number of halogens is 3. The fourth-order valence-electron chi connectivity index (χ4n) is 4.98. The van der Waals surface area contributed by atoms with Crippen LogP contribution in [-0.4, -0.2) is 73.3 Å². The molecule has 4 N–H and O–H groups in total. The SMILES string of the molecule is C=Nc1c(C2CCN(C(=O)c3ccc(OC(F)(F)F)cc3N)CC2)ccnc1NCC1CNCC(C)(C)O1. The molecule has 0 bridgehead atoms. The molecule has 2 aliphatic rings. The molecule has 1 atom stereocenters. The number of alkyl halides is 3. The molecule has 1 aromatic heterocycles. The largest absolute Gasteiger partial charge is 0.573 e. The van der Waals surface area contributed by atoms with Crippen LogP contribution in [0.25, 0.3) is 0 Å². The first-order chi connectivity index (χ1) is 18.0. The van der Waals surface area contributed by atoms with Gasteiger partial charge in [-0.05, 0) is 63.1 Å². The first-order valence-electron chi connectivity index (χ1n) is 12.5. The van der Waals surface area contributed by atoms with E-state index in [-0.39, 0.29) is 34.8 Å². The second-order valence-corrected chi connectivity index (χ2v) is 10.1. The number of amides is 1. The van der Waals surface area contributed by atoms with Crippen molar-refractivity contribution in [1.82, 2.24) is 15.2 Å². The first kappa shape index (κ1) is 27.6. The Morgan fingerprint density at radius 3 is 2.71 bits per heavy atom. The van der Waals surface area contributed by atoms with Gasteiger partial charge in [0.05, 0.1) is 17.3 Å². The average Bonchev–Trinajstić information content (AvgIpc) is 2.85. The monoisotopic (exact) mass is 534 g/mol. The minimum atomic E-state index is -4.83. The first-order valence-corrected chi connectivity index (χ1v) is 12.5. The Hall–Kier alpha value is -3.38. The van der Waals surface area contributed by atoms with Crippen molar-refractivity contribution < 1.29 is 27.4 Å². The number of piperidine rings is 1. The minimum absolute atomic E-state index is 0.0161. The number of nitrogens with one attached hydrogen (secondary N) is 2.